The van der Waals surface area contributed by atoms with Crippen LogP contribution >= 0.6 is 11.6 Å². The van der Waals surface area contributed by atoms with Gasteiger partial charge in [-0.3, -0.25) is 0 Å². The van der Waals surface area contributed by atoms with Gasteiger partial charge in [0.25, 0.3) is 0 Å². The van der Waals surface area contributed by atoms with E-state index < -0.39 is 0 Å². The van der Waals surface area contributed by atoms with Gasteiger partial charge < -0.3 is 0 Å². The summed E-state index contributed by atoms with van der Waals surface area (Å²) in [5.41, 5.74) is 5.13. The van der Waals surface area contributed by atoms with E-state index in [-0.39, 0.29) is 0 Å². The zero-order chi connectivity index (χ0) is 12.3. The first kappa shape index (κ1) is 12.8. The molecule has 0 aliphatic rings. The Bertz CT molecular complexity index is 455. The van der Waals surface area contributed by atoms with Crippen LogP contribution in [0.1, 0.15) is 35.6 Å². The number of rotatable bonds is 2. The zero-order valence-corrected chi connectivity index (χ0v) is 10.9. The summed E-state index contributed by atoms with van der Waals surface area (Å²) in [5.74, 6) is 0. The highest BCUT2D eigenvalue weighted by Crippen LogP contribution is 2.30. The Kier molecular flexibility index (Phi) is 4.15. The fraction of sp³-hybridized carbons (Fsp3) is 0.357. The van der Waals surface area contributed by atoms with Crippen molar-refractivity contribution in [2.24, 2.45) is 0 Å². The van der Waals surface area contributed by atoms with Gasteiger partial charge >= 0.3 is 0 Å². The average molecular weight is 234 g/mol. The van der Waals surface area contributed by atoms with Gasteiger partial charge in [-0.1, -0.05) is 36.2 Å². The third-order valence-corrected chi connectivity index (χ3v) is 3.07. The molecule has 0 fully saturated rings. The molecule has 0 radical (unpaired) electrons. The Hall–Kier alpha value is -1.26. The van der Waals surface area contributed by atoms with Crippen molar-refractivity contribution in [1.29, 1.82) is 5.26 Å². The fourth-order valence-corrected chi connectivity index (χ4v) is 2.43. The van der Waals surface area contributed by atoms with Gasteiger partial charge in [0, 0.05) is 5.57 Å². The quantitative estimate of drug-likeness (QED) is 0.691. The van der Waals surface area contributed by atoms with Gasteiger partial charge in [-0.05, 0) is 43.9 Å². The van der Waals surface area contributed by atoms with Gasteiger partial charge in [-0.25, -0.2) is 0 Å². The van der Waals surface area contributed by atoms with Crippen molar-refractivity contribution in [2.45, 2.75) is 34.1 Å². The SMILES string of the molecule is CCC(C#N)=C(Cl)c1c(C)cc(C)cc1C. The molecule has 0 saturated carbocycles. The van der Waals surface area contributed by atoms with Gasteiger partial charge in [0.2, 0.25) is 0 Å². The highest BCUT2D eigenvalue weighted by molar-refractivity contribution is 6.49. The second-order valence-corrected chi connectivity index (χ2v) is 4.41. The summed E-state index contributed by atoms with van der Waals surface area (Å²) < 4.78 is 0. The molecule has 2 heteroatoms. The van der Waals surface area contributed by atoms with Gasteiger partial charge in [0.05, 0.1) is 11.1 Å². The largest absolute Gasteiger partial charge is 0.193 e. The van der Waals surface area contributed by atoms with E-state index in [1.54, 1.807) is 0 Å². The number of hydrogen-bond donors (Lipinski definition) is 0. The minimum absolute atomic E-state index is 0.597. The first-order chi connectivity index (χ1) is 7.51. The minimum Gasteiger partial charge on any atom is -0.193 e. The van der Waals surface area contributed by atoms with E-state index in [4.69, 9.17) is 16.9 Å². The second kappa shape index (κ2) is 5.18. The molecule has 84 valence electrons. The molecule has 0 bridgehead atoms. The predicted molar refractivity (Wildman–Crippen MR) is 69.3 cm³/mol. The Labute approximate surface area is 102 Å². The van der Waals surface area contributed by atoms with Crippen LogP contribution in [0.3, 0.4) is 0 Å². The maximum absolute atomic E-state index is 9.00. The normalized spacial score (nSPS) is 12.0. The lowest BCUT2D eigenvalue weighted by Crippen LogP contribution is -1.93. The van der Waals surface area contributed by atoms with Gasteiger partial charge in [-0.2, -0.15) is 5.26 Å². The third-order valence-electron chi connectivity index (χ3n) is 2.65. The fourth-order valence-electron chi connectivity index (χ4n) is 1.96. The topological polar surface area (TPSA) is 23.8 Å². The minimum atomic E-state index is 0.597. The number of halogens is 1. The van der Waals surface area contributed by atoms with Crippen LogP contribution in [-0.4, -0.2) is 0 Å². The van der Waals surface area contributed by atoms with E-state index in [9.17, 15) is 0 Å². The molecule has 1 nitrogen and oxygen atoms in total. The lowest BCUT2D eigenvalue weighted by Gasteiger charge is -2.11. The Morgan fingerprint density at radius 1 is 1.25 bits per heavy atom. The van der Waals surface area contributed by atoms with Crippen LogP contribution in [0.15, 0.2) is 17.7 Å². The van der Waals surface area contributed by atoms with Crippen LogP contribution < -0.4 is 0 Å². The molecule has 0 amide bonds. The van der Waals surface area contributed by atoms with Crippen LogP contribution in [0, 0.1) is 32.1 Å². The third kappa shape index (κ3) is 2.46. The molecular formula is C14H16ClN. The number of nitrogens with zero attached hydrogens (tertiary/aromatic N) is 1. The first-order valence-corrected chi connectivity index (χ1v) is 5.76. The lowest BCUT2D eigenvalue weighted by molar-refractivity contribution is 1.16. The maximum atomic E-state index is 9.00. The summed E-state index contributed by atoms with van der Waals surface area (Å²) in [6, 6.07) is 6.35. The molecule has 0 aliphatic carbocycles. The molecule has 0 atom stereocenters. The number of aryl methyl sites for hydroxylation is 3. The molecule has 1 rings (SSSR count). The summed E-state index contributed by atoms with van der Waals surface area (Å²) >= 11 is 6.29. The Morgan fingerprint density at radius 3 is 2.12 bits per heavy atom. The molecule has 0 heterocycles. The van der Waals surface area contributed by atoms with Crippen molar-refractivity contribution >= 4 is 16.6 Å². The summed E-state index contributed by atoms with van der Waals surface area (Å²) in [4.78, 5) is 0. The van der Waals surface area contributed by atoms with Crippen molar-refractivity contribution in [3.8, 4) is 6.07 Å². The van der Waals surface area contributed by atoms with E-state index >= 15 is 0 Å². The van der Waals surface area contributed by atoms with Crippen molar-refractivity contribution in [1.82, 2.24) is 0 Å². The molecule has 16 heavy (non-hydrogen) atoms. The van der Waals surface area contributed by atoms with Crippen molar-refractivity contribution < 1.29 is 0 Å². The summed E-state index contributed by atoms with van der Waals surface area (Å²) in [5, 5.41) is 9.60. The molecule has 0 unspecified atom stereocenters. The van der Waals surface area contributed by atoms with Gasteiger partial charge in [0.1, 0.15) is 0 Å². The van der Waals surface area contributed by atoms with E-state index in [0.29, 0.717) is 17.0 Å². The second-order valence-electron chi connectivity index (χ2n) is 4.03. The summed E-state index contributed by atoms with van der Waals surface area (Å²) in [7, 11) is 0. The Morgan fingerprint density at radius 2 is 1.75 bits per heavy atom. The molecule has 1 aromatic rings. The molecule has 1 aromatic carbocycles. The number of hydrogen-bond acceptors (Lipinski definition) is 1. The van der Waals surface area contributed by atoms with Crippen LogP contribution in [0.25, 0.3) is 5.03 Å². The monoisotopic (exact) mass is 233 g/mol. The van der Waals surface area contributed by atoms with E-state index in [2.05, 4.69) is 25.1 Å². The highest BCUT2D eigenvalue weighted by atomic mass is 35.5. The molecular weight excluding hydrogens is 218 g/mol. The number of benzene rings is 1. The Balaban J connectivity index is 3.46. The number of allylic oxidation sites excluding steroid dienone is 1. The van der Waals surface area contributed by atoms with E-state index in [1.165, 1.54) is 5.56 Å². The predicted octanol–water partition coefficient (Wildman–Crippen LogP) is 4.50. The van der Waals surface area contributed by atoms with Crippen LogP contribution in [-0.2, 0) is 0 Å². The number of nitriles is 1. The van der Waals surface area contributed by atoms with Crippen molar-refractivity contribution in [3.05, 3.63) is 40.0 Å². The van der Waals surface area contributed by atoms with Crippen molar-refractivity contribution in [2.75, 3.05) is 0 Å². The van der Waals surface area contributed by atoms with Gasteiger partial charge in [0.15, 0.2) is 0 Å². The van der Waals surface area contributed by atoms with Crippen LogP contribution in [0.5, 0.6) is 0 Å². The smallest absolute Gasteiger partial charge is 0.0962 e. The lowest BCUT2D eigenvalue weighted by atomic mass is 9.97. The summed E-state index contributed by atoms with van der Waals surface area (Å²) in [6.07, 6.45) is 0.669. The van der Waals surface area contributed by atoms with Crippen molar-refractivity contribution in [3.63, 3.8) is 0 Å². The van der Waals surface area contributed by atoms with Gasteiger partial charge in [-0.15, -0.1) is 0 Å². The van der Waals surface area contributed by atoms with Crippen LogP contribution in [0.2, 0.25) is 0 Å². The molecule has 0 N–H and O–H groups in total. The zero-order valence-electron chi connectivity index (χ0n) is 10.2. The molecule has 0 saturated heterocycles. The standard InChI is InChI=1S/C14H16ClN/c1-5-12(8-16)14(15)13-10(3)6-9(2)7-11(13)4/h6-7H,5H2,1-4H3. The van der Waals surface area contributed by atoms with Crippen LogP contribution in [0.4, 0.5) is 0 Å². The average Bonchev–Trinajstić information content (AvgIpc) is 2.17. The molecule has 0 spiro atoms. The maximum Gasteiger partial charge on any atom is 0.0962 e. The summed E-state index contributed by atoms with van der Waals surface area (Å²) in [6.45, 7) is 8.07. The first-order valence-electron chi connectivity index (χ1n) is 5.38. The molecule has 0 aliphatic heterocycles. The highest BCUT2D eigenvalue weighted by Gasteiger charge is 2.11. The van der Waals surface area contributed by atoms with E-state index in [0.717, 1.165) is 16.7 Å². The van der Waals surface area contributed by atoms with E-state index in [1.807, 2.05) is 20.8 Å². The molecule has 0 aromatic heterocycles.